The highest BCUT2D eigenvalue weighted by Gasteiger charge is 2.21. The van der Waals surface area contributed by atoms with E-state index in [0.29, 0.717) is 6.54 Å². The maximum Gasteiger partial charge on any atom is 0.326 e. The molecule has 0 aliphatic rings. The number of rotatable bonds is 8. The fraction of sp³-hybridized carbons (Fsp3) is 0.667. The predicted octanol–water partition coefficient (Wildman–Crippen LogP) is -0.633. The Bertz CT molecular complexity index is 285. The molecule has 8 heteroatoms. The van der Waals surface area contributed by atoms with Crippen molar-refractivity contribution in [2.45, 2.75) is 18.9 Å². The number of nitrogens with one attached hydrogen (secondary N) is 2. The maximum atomic E-state index is 11.3. The van der Waals surface area contributed by atoms with Crippen molar-refractivity contribution in [3.63, 3.8) is 0 Å². The number of carboxylic acid groups (broad SMARTS) is 1. The Morgan fingerprint density at radius 1 is 1.41 bits per heavy atom. The summed E-state index contributed by atoms with van der Waals surface area (Å²) in [5.74, 6) is -1.16. The van der Waals surface area contributed by atoms with E-state index in [4.69, 9.17) is 10.8 Å². The highest BCUT2D eigenvalue weighted by atomic mass is 32.2. The van der Waals surface area contributed by atoms with Crippen LogP contribution in [0, 0.1) is 0 Å². The molecule has 7 nitrogen and oxygen atoms in total. The Labute approximate surface area is 104 Å². The second-order valence-corrected chi connectivity index (χ2v) is 4.29. The van der Waals surface area contributed by atoms with Crippen LogP contribution in [0.15, 0.2) is 0 Å². The minimum Gasteiger partial charge on any atom is -0.480 e. The van der Waals surface area contributed by atoms with E-state index in [2.05, 4.69) is 10.6 Å². The summed E-state index contributed by atoms with van der Waals surface area (Å²) >= 11 is 1.65. The van der Waals surface area contributed by atoms with Crippen LogP contribution < -0.4 is 16.4 Å². The summed E-state index contributed by atoms with van der Waals surface area (Å²) in [5.41, 5.74) is 4.87. The topological polar surface area (TPSA) is 122 Å². The van der Waals surface area contributed by atoms with Crippen LogP contribution in [0.25, 0.3) is 0 Å². The minimum absolute atomic E-state index is 0.423. The van der Waals surface area contributed by atoms with E-state index in [0.717, 1.165) is 12.2 Å². The van der Waals surface area contributed by atoms with E-state index in [1.54, 1.807) is 11.8 Å². The molecule has 0 heterocycles. The Balaban J connectivity index is 3.96. The first kappa shape index (κ1) is 15.6. The molecule has 0 saturated carbocycles. The summed E-state index contributed by atoms with van der Waals surface area (Å²) < 4.78 is 0. The van der Waals surface area contributed by atoms with E-state index >= 15 is 0 Å². The smallest absolute Gasteiger partial charge is 0.326 e. The molecule has 5 N–H and O–H groups in total. The molecule has 0 spiro atoms. The van der Waals surface area contributed by atoms with Gasteiger partial charge < -0.3 is 21.5 Å². The summed E-state index contributed by atoms with van der Waals surface area (Å²) in [4.78, 5) is 32.5. The molecule has 0 aromatic heterocycles. The number of carbonyl (C=O) groups excluding carboxylic acids is 2. The molecule has 3 amide bonds. The molecule has 17 heavy (non-hydrogen) atoms. The Morgan fingerprint density at radius 2 is 2.06 bits per heavy atom. The largest absolute Gasteiger partial charge is 0.480 e. The number of primary amides is 1. The average molecular weight is 263 g/mol. The SMILES string of the molecule is CSCCCNC(=O)NC(CC(N)=O)C(=O)O. The number of carboxylic acids is 1. The Hall–Kier alpha value is -1.44. The van der Waals surface area contributed by atoms with Crippen molar-refractivity contribution in [2.24, 2.45) is 5.73 Å². The number of amides is 3. The van der Waals surface area contributed by atoms with Gasteiger partial charge in [-0.05, 0) is 18.4 Å². The first-order valence-corrected chi connectivity index (χ1v) is 6.41. The number of nitrogens with two attached hydrogens (primary N) is 1. The van der Waals surface area contributed by atoms with Crippen molar-refractivity contribution in [1.29, 1.82) is 0 Å². The van der Waals surface area contributed by atoms with Gasteiger partial charge in [0.25, 0.3) is 0 Å². The zero-order chi connectivity index (χ0) is 13.3. The zero-order valence-electron chi connectivity index (χ0n) is 9.56. The molecular weight excluding hydrogens is 246 g/mol. The van der Waals surface area contributed by atoms with E-state index in [9.17, 15) is 14.4 Å². The van der Waals surface area contributed by atoms with Crippen LogP contribution in [0.1, 0.15) is 12.8 Å². The monoisotopic (exact) mass is 263 g/mol. The molecule has 0 aliphatic carbocycles. The maximum absolute atomic E-state index is 11.3. The van der Waals surface area contributed by atoms with Gasteiger partial charge >= 0.3 is 12.0 Å². The van der Waals surface area contributed by atoms with Crippen LogP contribution in [-0.2, 0) is 9.59 Å². The molecule has 0 saturated heterocycles. The fourth-order valence-electron chi connectivity index (χ4n) is 1.03. The molecular formula is C9H17N3O4S. The predicted molar refractivity (Wildman–Crippen MR) is 64.8 cm³/mol. The van der Waals surface area contributed by atoms with Crippen molar-refractivity contribution in [2.75, 3.05) is 18.6 Å². The number of hydrogen-bond acceptors (Lipinski definition) is 4. The van der Waals surface area contributed by atoms with Crippen molar-refractivity contribution in [3.05, 3.63) is 0 Å². The molecule has 0 aliphatic heterocycles. The fourth-order valence-corrected chi connectivity index (χ4v) is 1.46. The van der Waals surface area contributed by atoms with Gasteiger partial charge in [0.15, 0.2) is 0 Å². The lowest BCUT2D eigenvalue weighted by Gasteiger charge is -2.13. The lowest BCUT2D eigenvalue weighted by molar-refractivity contribution is -0.140. The third-order valence-electron chi connectivity index (χ3n) is 1.82. The van der Waals surface area contributed by atoms with Crippen molar-refractivity contribution in [1.82, 2.24) is 10.6 Å². The second kappa shape index (κ2) is 8.68. The number of thioether (sulfide) groups is 1. The lowest BCUT2D eigenvalue weighted by Crippen LogP contribution is -2.47. The first-order chi connectivity index (χ1) is 7.97. The highest BCUT2D eigenvalue weighted by molar-refractivity contribution is 7.98. The van der Waals surface area contributed by atoms with Gasteiger partial charge in [-0.15, -0.1) is 0 Å². The zero-order valence-corrected chi connectivity index (χ0v) is 10.4. The Kier molecular flexibility index (Phi) is 7.95. The number of carbonyl (C=O) groups is 3. The van der Waals surface area contributed by atoms with Gasteiger partial charge in [0.2, 0.25) is 5.91 Å². The molecule has 0 fully saturated rings. The van der Waals surface area contributed by atoms with Crippen LogP contribution in [0.4, 0.5) is 4.79 Å². The second-order valence-electron chi connectivity index (χ2n) is 3.31. The summed E-state index contributed by atoms with van der Waals surface area (Å²) in [6.45, 7) is 0.454. The summed E-state index contributed by atoms with van der Waals surface area (Å²) in [7, 11) is 0. The van der Waals surface area contributed by atoms with E-state index in [-0.39, 0.29) is 0 Å². The van der Waals surface area contributed by atoms with Crippen LogP contribution >= 0.6 is 11.8 Å². The van der Waals surface area contributed by atoms with E-state index < -0.39 is 30.4 Å². The van der Waals surface area contributed by atoms with Crippen LogP contribution in [0.3, 0.4) is 0 Å². The van der Waals surface area contributed by atoms with E-state index in [1.807, 2.05) is 6.26 Å². The first-order valence-electron chi connectivity index (χ1n) is 5.01. The summed E-state index contributed by atoms with van der Waals surface area (Å²) in [5, 5.41) is 13.4. The van der Waals surface area contributed by atoms with Gasteiger partial charge in [-0.2, -0.15) is 11.8 Å². The number of hydrogen-bond donors (Lipinski definition) is 4. The van der Waals surface area contributed by atoms with Gasteiger partial charge in [-0.1, -0.05) is 0 Å². The molecule has 0 aromatic carbocycles. The highest BCUT2D eigenvalue weighted by Crippen LogP contribution is 1.94. The number of aliphatic carboxylic acids is 1. The van der Waals surface area contributed by atoms with Crippen molar-refractivity contribution in [3.8, 4) is 0 Å². The van der Waals surface area contributed by atoms with Crippen LogP contribution in [0.2, 0.25) is 0 Å². The molecule has 1 unspecified atom stereocenters. The molecule has 0 bridgehead atoms. The Morgan fingerprint density at radius 3 is 2.53 bits per heavy atom. The lowest BCUT2D eigenvalue weighted by atomic mass is 10.2. The van der Waals surface area contributed by atoms with Gasteiger partial charge in [0.1, 0.15) is 6.04 Å². The van der Waals surface area contributed by atoms with Gasteiger partial charge in [0.05, 0.1) is 6.42 Å². The van der Waals surface area contributed by atoms with Gasteiger partial charge in [-0.3, -0.25) is 4.79 Å². The van der Waals surface area contributed by atoms with Crippen LogP contribution in [0.5, 0.6) is 0 Å². The summed E-state index contributed by atoms with van der Waals surface area (Å²) in [6.07, 6.45) is 2.32. The number of urea groups is 1. The molecule has 0 rings (SSSR count). The minimum atomic E-state index is -1.29. The quantitative estimate of drug-likeness (QED) is 0.434. The molecule has 98 valence electrons. The van der Waals surface area contributed by atoms with E-state index in [1.165, 1.54) is 0 Å². The molecule has 0 aromatic rings. The third kappa shape index (κ3) is 8.38. The standard InChI is InChI=1S/C9H17N3O4S/c1-17-4-2-3-11-9(16)12-6(8(14)15)5-7(10)13/h6H,2-5H2,1H3,(H2,10,13)(H,14,15)(H2,11,12,16). The van der Waals surface area contributed by atoms with Gasteiger partial charge in [-0.25, -0.2) is 9.59 Å². The van der Waals surface area contributed by atoms with Crippen molar-refractivity contribution < 1.29 is 19.5 Å². The molecule has 0 radical (unpaired) electrons. The van der Waals surface area contributed by atoms with Crippen molar-refractivity contribution >= 4 is 29.7 Å². The average Bonchev–Trinajstić information content (AvgIpc) is 2.22. The molecule has 1 atom stereocenters. The normalized spacial score (nSPS) is 11.6. The van der Waals surface area contributed by atoms with Crippen LogP contribution in [-0.4, -0.2) is 47.6 Å². The summed E-state index contributed by atoms with van der Waals surface area (Å²) in [6, 6.07) is -1.90. The van der Waals surface area contributed by atoms with Gasteiger partial charge in [0, 0.05) is 6.54 Å². The third-order valence-corrected chi connectivity index (χ3v) is 2.52.